The Labute approximate surface area is 295 Å². The first-order valence-electron chi connectivity index (χ1n) is 16.0. The Kier molecular flexibility index (Phi) is 8.91. The number of rotatable bonds is 8. The smallest absolute Gasteiger partial charge is 0.433 e. The Bertz CT molecular complexity index is 2060. The molecule has 1 aromatic carbocycles. The molecule has 1 amide bonds. The summed E-state index contributed by atoms with van der Waals surface area (Å²) in [6.45, 7) is 2.53. The minimum absolute atomic E-state index is 0.00625. The van der Waals surface area contributed by atoms with Gasteiger partial charge in [0.15, 0.2) is 5.60 Å². The molecule has 1 saturated heterocycles. The number of hydrogen-bond acceptors (Lipinski definition) is 6. The largest absolute Gasteiger partial charge is 0.478 e. The van der Waals surface area contributed by atoms with Crippen molar-refractivity contribution in [3.05, 3.63) is 111 Å². The molecular formula is C36H30F9N3O5. The van der Waals surface area contributed by atoms with Crippen molar-refractivity contribution in [2.24, 2.45) is 11.7 Å². The molecule has 3 atom stereocenters. The Morgan fingerprint density at radius 1 is 1.04 bits per heavy atom. The van der Waals surface area contributed by atoms with Crippen LogP contribution in [-0.4, -0.2) is 63.8 Å². The number of aromatic carboxylic acids is 1. The van der Waals surface area contributed by atoms with E-state index >= 15 is 0 Å². The molecule has 2 unspecified atom stereocenters. The minimum atomic E-state index is -5.18. The van der Waals surface area contributed by atoms with E-state index in [0.29, 0.717) is 34.9 Å². The Hall–Kier alpha value is -5.06. The molecule has 53 heavy (non-hydrogen) atoms. The molecule has 2 spiro atoms. The number of aromatic nitrogens is 1. The van der Waals surface area contributed by atoms with E-state index in [9.17, 15) is 54.2 Å². The predicted octanol–water partition coefficient (Wildman–Crippen LogP) is 8.30. The van der Waals surface area contributed by atoms with Gasteiger partial charge in [-0.15, -0.1) is 0 Å². The highest BCUT2D eigenvalue weighted by Crippen LogP contribution is 2.73. The summed E-state index contributed by atoms with van der Waals surface area (Å²) >= 11 is 0. The highest BCUT2D eigenvalue weighted by Gasteiger charge is 2.84. The fourth-order valence-corrected chi connectivity index (χ4v) is 7.26. The number of fused-ring (bicyclic) bond motifs is 4. The number of alkyl halides is 9. The van der Waals surface area contributed by atoms with Crippen LogP contribution in [0.2, 0.25) is 0 Å². The number of carbonyl (C=O) groups is 2. The number of benzene rings is 1. The number of hydrogen-bond donors (Lipinski definition) is 2. The van der Waals surface area contributed by atoms with E-state index in [0.717, 1.165) is 11.0 Å². The third-order valence-corrected chi connectivity index (χ3v) is 10.1. The first-order valence-corrected chi connectivity index (χ1v) is 16.0. The fraction of sp³-hybridized carbons (Fsp3) is 0.361. The monoisotopic (exact) mass is 755 g/mol. The quantitative estimate of drug-likeness (QED) is 0.206. The van der Waals surface area contributed by atoms with Gasteiger partial charge in [-0.05, 0) is 91.0 Å². The topological polar surface area (TPSA) is 115 Å². The van der Waals surface area contributed by atoms with E-state index in [1.807, 2.05) is 0 Å². The van der Waals surface area contributed by atoms with Crippen molar-refractivity contribution in [1.29, 1.82) is 0 Å². The Morgan fingerprint density at radius 3 is 2.21 bits per heavy atom. The van der Waals surface area contributed by atoms with Crippen molar-refractivity contribution in [1.82, 2.24) is 9.88 Å². The number of ether oxygens (including phenoxy) is 2. The fourth-order valence-electron chi connectivity index (χ4n) is 7.26. The standard InChI is InChI=1S/C36H30F9N3O5/c1-17-10-19(30(49)50)4-5-23(17)20(15-46)11-25(18(2)52-3)24-6-7-29(36(43,44)45)47-28(24)16-48-31(51)53-33(32(48)8-9-32)26-13-21(34(37,38)39)12-22(14-27(26)33)35(40,41)42/h4-7,10-15,18,26H,8-9,16,46H2,1-3H3,(H,49,50)/b20-15+,25-11+/t18?,26?,33-/m1/s1. The van der Waals surface area contributed by atoms with Crippen LogP contribution < -0.4 is 5.73 Å². The summed E-state index contributed by atoms with van der Waals surface area (Å²) in [7, 11) is 1.33. The van der Waals surface area contributed by atoms with Crippen LogP contribution in [0.1, 0.15) is 58.2 Å². The zero-order valence-corrected chi connectivity index (χ0v) is 28.0. The average Bonchev–Trinajstić information content (AvgIpc) is 3.96. The van der Waals surface area contributed by atoms with E-state index in [1.165, 1.54) is 37.6 Å². The normalized spacial score (nSPS) is 23.2. The average molecular weight is 756 g/mol. The van der Waals surface area contributed by atoms with Gasteiger partial charge in [0.05, 0.1) is 40.6 Å². The highest BCUT2D eigenvalue weighted by atomic mass is 19.4. The van der Waals surface area contributed by atoms with Crippen LogP contribution in [0.3, 0.4) is 0 Å². The number of carboxylic acids is 1. The Balaban J connectivity index is 1.45. The summed E-state index contributed by atoms with van der Waals surface area (Å²) in [6, 6.07) is 6.05. The van der Waals surface area contributed by atoms with Crippen LogP contribution in [0.25, 0.3) is 11.1 Å². The number of nitrogens with zero attached hydrogens (tertiary/aromatic N) is 2. The van der Waals surface area contributed by atoms with Crippen LogP contribution in [0.15, 0.2) is 77.6 Å². The number of carboxylic acid groups (broad SMARTS) is 1. The first kappa shape index (κ1) is 37.7. The number of aryl methyl sites for hydroxylation is 1. The maximum absolute atomic E-state index is 14.1. The molecule has 8 nitrogen and oxygen atoms in total. The molecule has 3 N–H and O–H groups in total. The first-order chi connectivity index (χ1) is 24.6. The van der Waals surface area contributed by atoms with Gasteiger partial charge in [-0.1, -0.05) is 18.2 Å². The van der Waals surface area contributed by atoms with Crippen molar-refractivity contribution in [3.8, 4) is 0 Å². The van der Waals surface area contributed by atoms with E-state index in [4.69, 9.17) is 15.2 Å². The molecule has 0 radical (unpaired) electrons. The van der Waals surface area contributed by atoms with Crippen molar-refractivity contribution in [3.63, 3.8) is 0 Å². The van der Waals surface area contributed by atoms with Crippen LogP contribution in [-0.2, 0) is 22.2 Å². The zero-order valence-electron chi connectivity index (χ0n) is 28.0. The number of amides is 1. The minimum Gasteiger partial charge on any atom is -0.478 e. The molecule has 6 rings (SSSR count). The summed E-state index contributed by atoms with van der Waals surface area (Å²) in [4.78, 5) is 30.0. The van der Waals surface area contributed by atoms with Crippen molar-refractivity contribution in [2.75, 3.05) is 7.11 Å². The third-order valence-electron chi connectivity index (χ3n) is 10.1. The maximum Gasteiger partial charge on any atom is 0.433 e. The molecule has 2 aromatic rings. The molecule has 2 saturated carbocycles. The van der Waals surface area contributed by atoms with Crippen molar-refractivity contribution in [2.45, 2.75) is 69.0 Å². The number of pyridine rings is 1. The lowest BCUT2D eigenvalue weighted by Crippen LogP contribution is -2.41. The van der Waals surface area contributed by atoms with Gasteiger partial charge < -0.3 is 20.3 Å². The molecule has 17 heteroatoms. The second-order valence-corrected chi connectivity index (χ2v) is 13.1. The molecule has 4 aliphatic rings. The van der Waals surface area contributed by atoms with E-state index in [1.54, 1.807) is 13.8 Å². The van der Waals surface area contributed by atoms with Gasteiger partial charge in [0.1, 0.15) is 5.69 Å². The van der Waals surface area contributed by atoms with Crippen LogP contribution in [0, 0.1) is 12.8 Å². The third kappa shape index (κ3) is 6.38. The molecule has 2 heterocycles. The number of methoxy groups -OCH3 is 1. The van der Waals surface area contributed by atoms with Crippen molar-refractivity contribution >= 4 is 23.2 Å². The van der Waals surface area contributed by atoms with E-state index in [2.05, 4.69) is 4.98 Å². The molecule has 3 aliphatic carbocycles. The van der Waals surface area contributed by atoms with Gasteiger partial charge in [0, 0.05) is 24.8 Å². The molecule has 1 aliphatic heterocycles. The Morgan fingerprint density at radius 2 is 1.68 bits per heavy atom. The summed E-state index contributed by atoms with van der Waals surface area (Å²) in [5, 5.41) is 9.39. The van der Waals surface area contributed by atoms with Gasteiger partial charge >= 0.3 is 30.6 Å². The van der Waals surface area contributed by atoms with Gasteiger partial charge in [0.25, 0.3) is 0 Å². The molecule has 282 valence electrons. The number of halogens is 9. The zero-order chi connectivity index (χ0) is 39.1. The van der Waals surface area contributed by atoms with Crippen LogP contribution in [0.4, 0.5) is 44.3 Å². The van der Waals surface area contributed by atoms with Gasteiger partial charge in [-0.25, -0.2) is 14.6 Å². The van der Waals surface area contributed by atoms with Gasteiger partial charge in [-0.2, -0.15) is 39.5 Å². The summed E-state index contributed by atoms with van der Waals surface area (Å²) in [5.41, 5.74) is -0.883. The molecular weight excluding hydrogens is 725 g/mol. The van der Waals surface area contributed by atoms with Gasteiger partial charge in [0.2, 0.25) is 0 Å². The summed E-state index contributed by atoms with van der Waals surface area (Å²) in [6.07, 6.45) is -13.4. The second kappa shape index (κ2) is 12.5. The van der Waals surface area contributed by atoms with Crippen LogP contribution in [0.5, 0.6) is 0 Å². The molecule has 0 bridgehead atoms. The lowest BCUT2D eigenvalue weighted by molar-refractivity contribution is -0.141. The molecule has 3 fully saturated rings. The summed E-state index contributed by atoms with van der Waals surface area (Å²) in [5.74, 6) is -2.55. The number of allylic oxidation sites excluding steroid dienone is 6. The lowest BCUT2D eigenvalue weighted by Gasteiger charge is -2.27. The maximum atomic E-state index is 14.1. The second-order valence-electron chi connectivity index (χ2n) is 13.1. The number of carbonyl (C=O) groups excluding carboxylic acids is 1. The van der Waals surface area contributed by atoms with E-state index < -0.39 is 77.1 Å². The van der Waals surface area contributed by atoms with Crippen molar-refractivity contribution < 1.29 is 63.7 Å². The van der Waals surface area contributed by atoms with Gasteiger partial charge in [-0.3, -0.25) is 4.90 Å². The number of nitrogens with two attached hydrogens (primary N) is 1. The molecule has 1 aromatic heterocycles. The van der Waals surface area contributed by atoms with Crippen LogP contribution >= 0.6 is 0 Å². The summed E-state index contributed by atoms with van der Waals surface area (Å²) < 4.78 is 137. The highest BCUT2D eigenvalue weighted by molar-refractivity contribution is 5.91. The predicted molar refractivity (Wildman–Crippen MR) is 171 cm³/mol. The van der Waals surface area contributed by atoms with E-state index in [-0.39, 0.29) is 46.9 Å². The SMILES string of the molecule is COC(C)/C(=C\C(=C/N)c1ccc(C(=O)O)cc1C)c1ccc(C(F)(F)F)nc1CN1C(=O)O[C@]2(C3=CC(C(F)(F)F)=CC(C(F)(F)F)=CC32)C12CC2. The lowest BCUT2D eigenvalue weighted by atomic mass is 9.92.